The van der Waals surface area contributed by atoms with Gasteiger partial charge in [0.15, 0.2) is 0 Å². The van der Waals surface area contributed by atoms with Gasteiger partial charge in [-0.2, -0.15) is 0 Å². The summed E-state index contributed by atoms with van der Waals surface area (Å²) in [5, 5.41) is 6.30. The van der Waals surface area contributed by atoms with Crippen molar-refractivity contribution in [1.29, 1.82) is 0 Å². The minimum Gasteiger partial charge on any atom is -0.495 e. The first-order valence-corrected chi connectivity index (χ1v) is 8.37. The molecule has 0 aliphatic rings. The first-order chi connectivity index (χ1) is 12.0. The van der Waals surface area contributed by atoms with Gasteiger partial charge in [-0.25, -0.2) is 0 Å². The maximum atomic E-state index is 12.3. The fourth-order valence-corrected chi connectivity index (χ4v) is 2.63. The fraction of sp³-hybridized carbons (Fsp3) is 0.421. The number of ether oxygens (including phenoxy) is 1. The molecule has 2 atom stereocenters. The molecule has 0 saturated carbocycles. The smallest absolute Gasteiger partial charge is 0.226 e. The Morgan fingerprint density at radius 3 is 2.64 bits per heavy atom. The number of hydrogen-bond acceptors (Lipinski definition) is 5. The maximum Gasteiger partial charge on any atom is 0.226 e. The molecule has 0 radical (unpaired) electrons. The summed E-state index contributed by atoms with van der Waals surface area (Å²) in [6.45, 7) is 2.69. The Morgan fingerprint density at radius 2 is 2.00 bits per heavy atom. The van der Waals surface area contributed by atoms with Crippen LogP contribution in [0.5, 0.6) is 5.75 Å². The van der Waals surface area contributed by atoms with E-state index in [1.54, 1.807) is 13.4 Å². The van der Waals surface area contributed by atoms with Crippen LogP contribution in [-0.2, 0) is 4.79 Å². The number of carbonyl (C=O) groups excluding carboxylic acids is 1. The van der Waals surface area contributed by atoms with E-state index < -0.39 is 0 Å². The number of methoxy groups -OCH3 is 1. The van der Waals surface area contributed by atoms with Gasteiger partial charge in [0, 0.05) is 19.0 Å². The molecule has 1 aromatic carbocycles. The van der Waals surface area contributed by atoms with Gasteiger partial charge in [0.2, 0.25) is 5.91 Å². The molecule has 0 aliphatic carbocycles. The third-order valence-electron chi connectivity index (χ3n) is 4.03. The topological polar surface area (TPSA) is 66.7 Å². The highest BCUT2D eigenvalue weighted by Gasteiger charge is 2.18. The molecule has 136 valence electrons. The highest BCUT2D eigenvalue weighted by atomic mass is 16.5. The van der Waals surface area contributed by atoms with Gasteiger partial charge < -0.3 is 19.8 Å². The third kappa shape index (κ3) is 5.62. The zero-order valence-electron chi connectivity index (χ0n) is 15.3. The number of likely N-dealkylation sites (N-methyl/N-ethyl adjacent to an activating group) is 1. The molecule has 0 aliphatic heterocycles. The van der Waals surface area contributed by atoms with Gasteiger partial charge in [-0.15, -0.1) is 0 Å². The zero-order valence-corrected chi connectivity index (χ0v) is 15.3. The molecule has 25 heavy (non-hydrogen) atoms. The molecule has 0 saturated heterocycles. The number of anilines is 1. The van der Waals surface area contributed by atoms with Crippen LogP contribution >= 0.6 is 0 Å². The number of rotatable bonds is 9. The zero-order chi connectivity index (χ0) is 18.2. The van der Waals surface area contributed by atoms with Gasteiger partial charge >= 0.3 is 0 Å². The van der Waals surface area contributed by atoms with Crippen molar-refractivity contribution >= 4 is 11.6 Å². The van der Waals surface area contributed by atoms with Gasteiger partial charge in [0.05, 0.1) is 25.1 Å². The van der Waals surface area contributed by atoms with Crippen molar-refractivity contribution < 1.29 is 13.9 Å². The van der Waals surface area contributed by atoms with Crippen LogP contribution in [0.2, 0.25) is 0 Å². The van der Waals surface area contributed by atoms with Crippen LogP contribution in [0.4, 0.5) is 5.69 Å². The maximum absolute atomic E-state index is 12.3. The molecule has 0 fully saturated rings. The van der Waals surface area contributed by atoms with Crippen molar-refractivity contribution in [2.45, 2.75) is 25.4 Å². The second-order valence-electron chi connectivity index (χ2n) is 6.26. The normalized spacial score (nSPS) is 13.5. The number of benzene rings is 1. The van der Waals surface area contributed by atoms with E-state index in [-0.39, 0.29) is 18.0 Å². The predicted molar refractivity (Wildman–Crippen MR) is 98.8 cm³/mol. The van der Waals surface area contributed by atoms with Gasteiger partial charge in [-0.3, -0.25) is 9.69 Å². The monoisotopic (exact) mass is 345 g/mol. The number of amides is 1. The Kier molecular flexibility index (Phi) is 7.03. The van der Waals surface area contributed by atoms with Gasteiger partial charge in [0.25, 0.3) is 0 Å². The van der Waals surface area contributed by atoms with Crippen molar-refractivity contribution in [1.82, 2.24) is 10.2 Å². The molecule has 6 heteroatoms. The highest BCUT2D eigenvalue weighted by Crippen LogP contribution is 2.23. The summed E-state index contributed by atoms with van der Waals surface area (Å²) in [6.07, 6.45) is 2.05. The minimum absolute atomic E-state index is 0.0344. The van der Waals surface area contributed by atoms with Crippen LogP contribution in [-0.4, -0.2) is 44.6 Å². The molecule has 2 rings (SSSR count). The minimum atomic E-state index is -0.0519. The first-order valence-electron chi connectivity index (χ1n) is 8.37. The summed E-state index contributed by atoms with van der Waals surface area (Å²) in [6, 6.07) is 11.4. The lowest BCUT2D eigenvalue weighted by molar-refractivity contribution is -0.116. The summed E-state index contributed by atoms with van der Waals surface area (Å²) in [5.74, 6) is 1.51. The van der Waals surface area contributed by atoms with Crippen LogP contribution in [0.1, 0.15) is 25.1 Å². The molecule has 0 spiro atoms. The van der Waals surface area contributed by atoms with Crippen molar-refractivity contribution in [2.75, 3.05) is 33.1 Å². The number of hydrogen-bond donors (Lipinski definition) is 2. The second kappa shape index (κ2) is 9.25. The van der Waals surface area contributed by atoms with Crippen LogP contribution in [0.15, 0.2) is 47.1 Å². The lowest BCUT2D eigenvalue weighted by Gasteiger charge is -2.24. The van der Waals surface area contributed by atoms with E-state index in [0.29, 0.717) is 24.4 Å². The molecular formula is C19H27N3O3. The largest absolute Gasteiger partial charge is 0.495 e. The third-order valence-corrected chi connectivity index (χ3v) is 4.03. The van der Waals surface area contributed by atoms with E-state index in [0.717, 1.165) is 5.76 Å². The number of nitrogens with one attached hydrogen (secondary N) is 2. The van der Waals surface area contributed by atoms with E-state index >= 15 is 0 Å². The van der Waals surface area contributed by atoms with Crippen LogP contribution in [0.3, 0.4) is 0 Å². The van der Waals surface area contributed by atoms with E-state index in [9.17, 15) is 4.79 Å². The average Bonchev–Trinajstić information content (AvgIpc) is 3.09. The Labute approximate surface area is 149 Å². The Balaban J connectivity index is 1.84. The number of carbonyl (C=O) groups is 1. The number of nitrogens with zero attached hydrogens (tertiary/aromatic N) is 1. The van der Waals surface area contributed by atoms with Gasteiger partial charge in [-0.1, -0.05) is 12.1 Å². The van der Waals surface area contributed by atoms with Gasteiger partial charge in [0.1, 0.15) is 11.5 Å². The molecule has 2 unspecified atom stereocenters. The summed E-state index contributed by atoms with van der Waals surface area (Å²) >= 11 is 0. The molecule has 2 N–H and O–H groups in total. The summed E-state index contributed by atoms with van der Waals surface area (Å²) < 4.78 is 10.8. The molecule has 1 aromatic heterocycles. The molecule has 2 aromatic rings. The van der Waals surface area contributed by atoms with Crippen molar-refractivity contribution in [3.05, 3.63) is 48.4 Å². The highest BCUT2D eigenvalue weighted by molar-refractivity contribution is 5.92. The first kappa shape index (κ1) is 19.0. The number of furan rings is 1. The summed E-state index contributed by atoms with van der Waals surface area (Å²) in [7, 11) is 5.60. The SMILES string of the molecule is COc1ccccc1NC(=O)CC(C)NCC(c1ccco1)N(C)C. The van der Waals surface area contributed by atoms with E-state index in [4.69, 9.17) is 9.15 Å². The second-order valence-corrected chi connectivity index (χ2v) is 6.26. The van der Waals surface area contributed by atoms with Gasteiger partial charge in [-0.05, 0) is 45.3 Å². The fourth-order valence-electron chi connectivity index (χ4n) is 2.63. The Hall–Kier alpha value is -2.31. The summed E-state index contributed by atoms with van der Waals surface area (Å²) in [4.78, 5) is 14.4. The van der Waals surface area contributed by atoms with Crippen LogP contribution in [0.25, 0.3) is 0 Å². The molecule has 1 heterocycles. The standard InChI is InChI=1S/C19H27N3O3/c1-14(20-13-16(22(2)3)18-10-7-11-25-18)12-19(23)21-15-8-5-6-9-17(15)24-4/h5-11,14,16,20H,12-13H2,1-4H3,(H,21,23). The van der Waals surface area contributed by atoms with E-state index in [1.165, 1.54) is 0 Å². The van der Waals surface area contributed by atoms with E-state index in [2.05, 4.69) is 15.5 Å². The van der Waals surface area contributed by atoms with Crippen LogP contribution < -0.4 is 15.4 Å². The van der Waals surface area contributed by atoms with E-state index in [1.807, 2.05) is 57.4 Å². The Morgan fingerprint density at radius 1 is 1.24 bits per heavy atom. The Bertz CT molecular complexity index is 656. The molecule has 1 amide bonds. The molecular weight excluding hydrogens is 318 g/mol. The van der Waals surface area contributed by atoms with Crippen molar-refractivity contribution in [3.63, 3.8) is 0 Å². The lowest BCUT2D eigenvalue weighted by Crippen LogP contribution is -2.37. The van der Waals surface area contributed by atoms with Crippen molar-refractivity contribution in [3.8, 4) is 5.75 Å². The molecule has 6 nitrogen and oxygen atoms in total. The summed E-state index contributed by atoms with van der Waals surface area (Å²) in [5.41, 5.74) is 0.684. The van der Waals surface area contributed by atoms with Crippen molar-refractivity contribution in [2.24, 2.45) is 0 Å². The lowest BCUT2D eigenvalue weighted by atomic mass is 10.1. The number of para-hydroxylation sites is 2. The average molecular weight is 345 g/mol. The van der Waals surface area contributed by atoms with Crippen LogP contribution in [0, 0.1) is 0 Å². The molecule has 0 bridgehead atoms. The quantitative estimate of drug-likeness (QED) is 0.731. The predicted octanol–water partition coefficient (Wildman–Crippen LogP) is 2.90.